The highest BCUT2D eigenvalue weighted by molar-refractivity contribution is 7.10. The monoisotopic (exact) mass is 309 g/mol. The molecule has 0 saturated heterocycles. The first-order chi connectivity index (χ1) is 10.2. The minimum Gasteiger partial charge on any atom is -0.496 e. The molecular weight excluding hydrogens is 290 g/mol. The summed E-state index contributed by atoms with van der Waals surface area (Å²) in [5, 5.41) is 1.95. The molecule has 1 aromatic heterocycles. The molecule has 5 nitrogen and oxygen atoms in total. The van der Waals surface area contributed by atoms with Gasteiger partial charge in [0.2, 0.25) is 5.75 Å². The Bertz CT molecular complexity index is 612. The Hall–Kier alpha value is -1.92. The van der Waals surface area contributed by atoms with Crippen LogP contribution in [0.3, 0.4) is 0 Å². The number of benzene rings is 1. The highest BCUT2D eigenvalue weighted by Crippen LogP contribution is 2.44. The number of rotatable bonds is 6. The third-order valence-corrected chi connectivity index (χ3v) is 4.21. The van der Waals surface area contributed by atoms with Gasteiger partial charge in [-0.1, -0.05) is 0 Å². The molecule has 0 aliphatic heterocycles. The van der Waals surface area contributed by atoms with Crippen molar-refractivity contribution in [2.24, 2.45) is 5.73 Å². The molecule has 1 aromatic carbocycles. The summed E-state index contributed by atoms with van der Waals surface area (Å²) < 4.78 is 21.5. The number of hydrogen-bond donors (Lipinski definition) is 1. The molecule has 2 aromatic rings. The quantitative estimate of drug-likeness (QED) is 0.889. The molecule has 2 N–H and O–H groups in total. The van der Waals surface area contributed by atoms with Crippen LogP contribution in [-0.2, 0) is 0 Å². The topological polar surface area (TPSA) is 62.9 Å². The average molecular weight is 309 g/mol. The van der Waals surface area contributed by atoms with Gasteiger partial charge in [-0.2, -0.15) is 0 Å². The minimum absolute atomic E-state index is 0.366. The van der Waals surface area contributed by atoms with E-state index < -0.39 is 0 Å². The lowest BCUT2D eigenvalue weighted by atomic mass is 10.0. The highest BCUT2D eigenvalue weighted by atomic mass is 32.1. The molecule has 114 valence electrons. The van der Waals surface area contributed by atoms with Crippen LogP contribution in [0.4, 0.5) is 0 Å². The highest BCUT2D eigenvalue weighted by Gasteiger charge is 2.23. The van der Waals surface area contributed by atoms with Crippen molar-refractivity contribution >= 4 is 11.3 Å². The van der Waals surface area contributed by atoms with Crippen molar-refractivity contribution in [2.75, 3.05) is 28.4 Å². The summed E-state index contributed by atoms with van der Waals surface area (Å²) in [5.41, 5.74) is 7.20. The summed E-state index contributed by atoms with van der Waals surface area (Å²) in [4.78, 5) is 0.933. The van der Waals surface area contributed by atoms with Gasteiger partial charge in [-0.15, -0.1) is 11.3 Å². The molecule has 0 saturated carbocycles. The fourth-order valence-electron chi connectivity index (χ4n) is 2.22. The molecule has 6 heteroatoms. The van der Waals surface area contributed by atoms with E-state index in [0.717, 1.165) is 16.2 Å². The van der Waals surface area contributed by atoms with Gasteiger partial charge in [0.1, 0.15) is 5.75 Å². The Morgan fingerprint density at radius 3 is 2.10 bits per heavy atom. The van der Waals surface area contributed by atoms with Gasteiger partial charge >= 0.3 is 0 Å². The summed E-state index contributed by atoms with van der Waals surface area (Å²) >= 11 is 1.54. The number of thiophene rings is 1. The van der Waals surface area contributed by atoms with Crippen LogP contribution >= 0.6 is 11.3 Å². The van der Waals surface area contributed by atoms with Gasteiger partial charge in [-0.3, -0.25) is 0 Å². The van der Waals surface area contributed by atoms with Crippen LogP contribution < -0.4 is 24.7 Å². The van der Waals surface area contributed by atoms with Gasteiger partial charge < -0.3 is 24.7 Å². The Kier molecular flexibility index (Phi) is 4.93. The first kappa shape index (κ1) is 15.5. The second-order valence-corrected chi connectivity index (χ2v) is 5.20. The lowest BCUT2D eigenvalue weighted by molar-refractivity contribution is 0.321. The van der Waals surface area contributed by atoms with E-state index in [9.17, 15) is 0 Å². The molecule has 0 amide bonds. The number of hydrogen-bond acceptors (Lipinski definition) is 6. The second-order valence-electron chi connectivity index (χ2n) is 4.25. The first-order valence-corrected chi connectivity index (χ1v) is 7.21. The minimum atomic E-state index is -0.366. The molecule has 2 rings (SSSR count). The third kappa shape index (κ3) is 2.77. The van der Waals surface area contributed by atoms with Gasteiger partial charge in [0.15, 0.2) is 11.5 Å². The first-order valence-electron chi connectivity index (χ1n) is 6.33. The largest absolute Gasteiger partial charge is 0.496 e. The van der Waals surface area contributed by atoms with Crippen LogP contribution in [-0.4, -0.2) is 28.4 Å². The standard InChI is InChI=1S/C15H19NO4S/c1-17-10-6-5-9(13(19-3)14(10)20-4)12(16)15-11(18-2)7-8-21-15/h5-8,12H,16H2,1-4H3. The van der Waals surface area contributed by atoms with Gasteiger partial charge in [-0.25, -0.2) is 0 Å². The van der Waals surface area contributed by atoms with Crippen molar-refractivity contribution in [1.29, 1.82) is 0 Å². The SMILES string of the molecule is COc1ccsc1C(N)c1ccc(OC)c(OC)c1OC. The maximum absolute atomic E-state index is 6.38. The van der Waals surface area contributed by atoms with E-state index in [1.165, 1.54) is 0 Å². The molecule has 0 aliphatic carbocycles. The predicted molar refractivity (Wildman–Crippen MR) is 83.0 cm³/mol. The lowest BCUT2D eigenvalue weighted by Gasteiger charge is -2.19. The summed E-state index contributed by atoms with van der Waals surface area (Å²) in [6.45, 7) is 0. The second kappa shape index (κ2) is 6.69. The van der Waals surface area contributed by atoms with Gasteiger partial charge in [-0.05, 0) is 23.6 Å². The van der Waals surface area contributed by atoms with E-state index in [0.29, 0.717) is 17.2 Å². The van der Waals surface area contributed by atoms with Gasteiger partial charge in [0, 0.05) is 5.56 Å². The van der Waals surface area contributed by atoms with Crippen molar-refractivity contribution in [2.45, 2.75) is 6.04 Å². The third-order valence-electron chi connectivity index (χ3n) is 3.23. The summed E-state index contributed by atoms with van der Waals surface area (Å²) in [6.07, 6.45) is 0. The van der Waals surface area contributed by atoms with Crippen LogP contribution in [0.25, 0.3) is 0 Å². The zero-order chi connectivity index (χ0) is 15.4. The lowest BCUT2D eigenvalue weighted by Crippen LogP contribution is -2.13. The Labute approximate surface area is 128 Å². The van der Waals surface area contributed by atoms with Crippen molar-refractivity contribution in [3.8, 4) is 23.0 Å². The Morgan fingerprint density at radius 2 is 1.52 bits per heavy atom. The van der Waals surface area contributed by atoms with Crippen molar-refractivity contribution in [3.63, 3.8) is 0 Å². The zero-order valence-corrected chi connectivity index (χ0v) is 13.3. The fraction of sp³-hybridized carbons (Fsp3) is 0.333. The van der Waals surface area contributed by atoms with Crippen molar-refractivity contribution in [3.05, 3.63) is 34.0 Å². The molecule has 0 aliphatic rings. The fourth-order valence-corrected chi connectivity index (χ4v) is 3.09. The summed E-state index contributed by atoms with van der Waals surface area (Å²) in [7, 11) is 6.36. The van der Waals surface area contributed by atoms with E-state index in [-0.39, 0.29) is 6.04 Å². The molecule has 1 atom stereocenters. The molecule has 1 unspecified atom stereocenters. The molecule has 1 heterocycles. The Balaban J connectivity index is 2.53. The predicted octanol–water partition coefficient (Wildman–Crippen LogP) is 2.83. The smallest absolute Gasteiger partial charge is 0.203 e. The molecule has 0 radical (unpaired) electrons. The van der Waals surface area contributed by atoms with Crippen LogP contribution in [0, 0.1) is 0 Å². The van der Waals surface area contributed by atoms with Crippen LogP contribution in [0.1, 0.15) is 16.5 Å². The van der Waals surface area contributed by atoms with Gasteiger partial charge in [0.25, 0.3) is 0 Å². The van der Waals surface area contributed by atoms with E-state index >= 15 is 0 Å². The van der Waals surface area contributed by atoms with Gasteiger partial charge in [0.05, 0.1) is 39.4 Å². The molecular formula is C15H19NO4S. The molecule has 21 heavy (non-hydrogen) atoms. The van der Waals surface area contributed by atoms with E-state index in [1.54, 1.807) is 39.8 Å². The molecule has 0 fully saturated rings. The number of ether oxygens (including phenoxy) is 4. The average Bonchev–Trinajstić information content (AvgIpc) is 3.00. The van der Waals surface area contributed by atoms with E-state index in [4.69, 9.17) is 24.7 Å². The maximum Gasteiger partial charge on any atom is 0.203 e. The van der Waals surface area contributed by atoms with Crippen LogP contribution in [0.5, 0.6) is 23.0 Å². The normalized spacial score (nSPS) is 11.9. The number of methoxy groups -OCH3 is 4. The van der Waals surface area contributed by atoms with Crippen molar-refractivity contribution in [1.82, 2.24) is 0 Å². The number of nitrogens with two attached hydrogens (primary N) is 1. The molecule has 0 bridgehead atoms. The summed E-state index contributed by atoms with van der Waals surface area (Å²) in [5.74, 6) is 2.47. The van der Waals surface area contributed by atoms with Crippen LogP contribution in [0.2, 0.25) is 0 Å². The van der Waals surface area contributed by atoms with Crippen molar-refractivity contribution < 1.29 is 18.9 Å². The maximum atomic E-state index is 6.38. The van der Waals surface area contributed by atoms with E-state index in [1.807, 2.05) is 23.6 Å². The Morgan fingerprint density at radius 1 is 0.857 bits per heavy atom. The molecule has 0 spiro atoms. The van der Waals surface area contributed by atoms with E-state index in [2.05, 4.69) is 0 Å². The summed E-state index contributed by atoms with van der Waals surface area (Å²) in [6, 6.07) is 5.22. The zero-order valence-electron chi connectivity index (χ0n) is 12.5. The van der Waals surface area contributed by atoms with Crippen LogP contribution in [0.15, 0.2) is 23.6 Å².